The fourth-order valence-corrected chi connectivity index (χ4v) is 1.49. The first-order valence-corrected chi connectivity index (χ1v) is 4.21. The Labute approximate surface area is 76.7 Å². The Morgan fingerprint density at radius 1 is 1.54 bits per heavy atom. The van der Waals surface area contributed by atoms with Crippen molar-refractivity contribution in [3.8, 4) is 11.8 Å². The lowest BCUT2D eigenvalue weighted by Gasteiger charge is -2.22. The third-order valence-corrected chi connectivity index (χ3v) is 2.12. The van der Waals surface area contributed by atoms with Crippen LogP contribution in [-0.2, 0) is 6.42 Å². The van der Waals surface area contributed by atoms with Gasteiger partial charge in [0.25, 0.3) is 0 Å². The lowest BCUT2D eigenvalue weighted by atomic mass is 10.0. The van der Waals surface area contributed by atoms with Gasteiger partial charge >= 0.3 is 0 Å². The fourth-order valence-electron chi connectivity index (χ4n) is 1.49. The normalized spacial score (nSPS) is 19.8. The van der Waals surface area contributed by atoms with Crippen molar-refractivity contribution in [2.24, 2.45) is 5.73 Å². The zero-order valence-electron chi connectivity index (χ0n) is 7.16. The van der Waals surface area contributed by atoms with Crippen LogP contribution in [0.4, 0.5) is 0 Å². The highest BCUT2D eigenvalue weighted by atomic mass is 16.5. The first kappa shape index (κ1) is 8.09. The molecule has 2 N–H and O–H groups in total. The quantitative estimate of drug-likeness (QED) is 0.633. The molecule has 0 bridgehead atoms. The molecule has 0 radical (unpaired) electrons. The summed E-state index contributed by atoms with van der Waals surface area (Å²) in [5.41, 5.74) is 7.44. The van der Waals surface area contributed by atoms with E-state index in [4.69, 9.17) is 15.7 Å². The van der Waals surface area contributed by atoms with Gasteiger partial charge < -0.3 is 10.5 Å². The molecule has 1 heterocycles. The second kappa shape index (κ2) is 3.08. The van der Waals surface area contributed by atoms with Crippen LogP contribution in [-0.4, -0.2) is 12.6 Å². The van der Waals surface area contributed by atoms with E-state index in [-0.39, 0.29) is 6.04 Å². The van der Waals surface area contributed by atoms with Gasteiger partial charge in [-0.15, -0.1) is 0 Å². The molecule has 3 heteroatoms. The van der Waals surface area contributed by atoms with Gasteiger partial charge in [0.1, 0.15) is 12.4 Å². The van der Waals surface area contributed by atoms with Crippen molar-refractivity contribution < 1.29 is 4.74 Å². The smallest absolute Gasteiger partial charge is 0.122 e. The number of nitrogens with two attached hydrogens (primary N) is 1. The average Bonchev–Trinajstić information content (AvgIpc) is 2.16. The topological polar surface area (TPSA) is 59.0 Å². The van der Waals surface area contributed by atoms with E-state index in [0.29, 0.717) is 12.2 Å². The van der Waals surface area contributed by atoms with E-state index in [1.807, 2.05) is 12.1 Å². The van der Waals surface area contributed by atoms with E-state index in [9.17, 15) is 0 Å². The largest absolute Gasteiger partial charge is 0.492 e. The number of ether oxygens (including phenoxy) is 1. The maximum absolute atomic E-state index is 8.68. The summed E-state index contributed by atoms with van der Waals surface area (Å²) in [4.78, 5) is 0. The number of hydrogen-bond donors (Lipinski definition) is 1. The second-order valence-electron chi connectivity index (χ2n) is 3.21. The Balaban J connectivity index is 2.39. The predicted molar refractivity (Wildman–Crippen MR) is 48.3 cm³/mol. The Kier molecular flexibility index (Phi) is 1.91. The Bertz CT molecular complexity index is 368. The summed E-state index contributed by atoms with van der Waals surface area (Å²) in [6, 6.07) is 7.59. The van der Waals surface area contributed by atoms with Gasteiger partial charge in [-0.25, -0.2) is 0 Å². The van der Waals surface area contributed by atoms with Gasteiger partial charge in [-0.2, -0.15) is 5.26 Å². The summed E-state index contributed by atoms with van der Waals surface area (Å²) >= 11 is 0. The van der Waals surface area contributed by atoms with Crippen LogP contribution in [0.5, 0.6) is 5.75 Å². The zero-order valence-corrected chi connectivity index (χ0v) is 7.16. The summed E-state index contributed by atoms with van der Waals surface area (Å²) < 4.78 is 5.40. The van der Waals surface area contributed by atoms with Crippen molar-refractivity contribution in [1.29, 1.82) is 5.26 Å². The van der Waals surface area contributed by atoms with E-state index < -0.39 is 0 Å². The molecule has 0 aliphatic carbocycles. The van der Waals surface area contributed by atoms with Gasteiger partial charge in [-0.1, -0.05) is 0 Å². The molecule has 0 saturated heterocycles. The monoisotopic (exact) mass is 174 g/mol. The third kappa shape index (κ3) is 1.49. The minimum atomic E-state index is 0.0569. The van der Waals surface area contributed by atoms with E-state index in [2.05, 4.69) is 6.07 Å². The number of rotatable bonds is 0. The van der Waals surface area contributed by atoms with E-state index >= 15 is 0 Å². The average molecular weight is 174 g/mol. The number of nitriles is 1. The Morgan fingerprint density at radius 2 is 2.38 bits per heavy atom. The van der Waals surface area contributed by atoms with Crippen LogP contribution in [0.25, 0.3) is 0 Å². The summed E-state index contributed by atoms with van der Waals surface area (Å²) in [5.74, 6) is 0.862. The maximum atomic E-state index is 8.68. The molecule has 2 rings (SSSR count). The maximum Gasteiger partial charge on any atom is 0.122 e. The van der Waals surface area contributed by atoms with Crippen molar-refractivity contribution in [2.75, 3.05) is 6.61 Å². The molecule has 0 unspecified atom stereocenters. The minimum absolute atomic E-state index is 0.0569. The lowest BCUT2D eigenvalue weighted by Crippen LogP contribution is -2.33. The predicted octanol–water partition coefficient (Wildman–Crippen LogP) is 0.820. The molecule has 3 nitrogen and oxygen atoms in total. The highest BCUT2D eigenvalue weighted by molar-refractivity contribution is 5.43. The molecule has 0 fully saturated rings. The second-order valence-corrected chi connectivity index (χ2v) is 3.21. The van der Waals surface area contributed by atoms with Gasteiger partial charge in [0.15, 0.2) is 0 Å². The summed E-state index contributed by atoms with van der Waals surface area (Å²) in [7, 11) is 0. The van der Waals surface area contributed by atoms with E-state index in [0.717, 1.165) is 17.7 Å². The standard InChI is InChI=1S/C10H10N2O/c11-5-7-1-2-10-8(3-7)4-9(12)6-13-10/h1-3,9H,4,6,12H2/t9-/m1/s1. The molecule has 13 heavy (non-hydrogen) atoms. The molecular formula is C10H10N2O. The SMILES string of the molecule is N#Cc1ccc2c(c1)C[C@@H](N)CO2. The molecule has 1 aromatic rings. The Morgan fingerprint density at radius 3 is 3.15 bits per heavy atom. The van der Waals surface area contributed by atoms with Crippen LogP contribution >= 0.6 is 0 Å². The number of hydrogen-bond acceptors (Lipinski definition) is 3. The molecular weight excluding hydrogens is 164 g/mol. The van der Waals surface area contributed by atoms with Gasteiger partial charge in [0, 0.05) is 6.04 Å². The van der Waals surface area contributed by atoms with Gasteiger partial charge in [0.05, 0.1) is 11.6 Å². The number of benzene rings is 1. The highest BCUT2D eigenvalue weighted by Crippen LogP contribution is 2.24. The molecule has 0 aromatic heterocycles. The Hall–Kier alpha value is -1.53. The van der Waals surface area contributed by atoms with Crippen molar-refractivity contribution in [3.63, 3.8) is 0 Å². The van der Waals surface area contributed by atoms with Gasteiger partial charge in [-0.3, -0.25) is 0 Å². The molecule has 0 amide bonds. The highest BCUT2D eigenvalue weighted by Gasteiger charge is 2.16. The summed E-state index contributed by atoms with van der Waals surface area (Å²) in [5, 5.41) is 8.68. The first-order valence-electron chi connectivity index (χ1n) is 4.21. The molecule has 1 aliphatic heterocycles. The minimum Gasteiger partial charge on any atom is -0.492 e. The van der Waals surface area contributed by atoms with Crippen LogP contribution in [0.1, 0.15) is 11.1 Å². The lowest BCUT2D eigenvalue weighted by molar-refractivity contribution is 0.263. The first-order chi connectivity index (χ1) is 6.29. The number of nitrogens with zero attached hydrogens (tertiary/aromatic N) is 1. The summed E-state index contributed by atoms with van der Waals surface area (Å²) in [6.45, 7) is 0.568. The van der Waals surface area contributed by atoms with Crippen LogP contribution in [0.2, 0.25) is 0 Å². The van der Waals surface area contributed by atoms with Gasteiger partial charge in [0.2, 0.25) is 0 Å². The molecule has 1 aromatic carbocycles. The molecule has 1 atom stereocenters. The van der Waals surface area contributed by atoms with Crippen LogP contribution in [0.3, 0.4) is 0 Å². The van der Waals surface area contributed by atoms with Crippen LogP contribution in [0, 0.1) is 11.3 Å². The molecule has 1 aliphatic rings. The van der Waals surface area contributed by atoms with E-state index in [1.165, 1.54) is 0 Å². The zero-order chi connectivity index (χ0) is 9.26. The van der Waals surface area contributed by atoms with Crippen LogP contribution in [0.15, 0.2) is 18.2 Å². The summed E-state index contributed by atoms with van der Waals surface area (Å²) in [6.07, 6.45) is 0.796. The van der Waals surface area contributed by atoms with Crippen molar-refractivity contribution in [3.05, 3.63) is 29.3 Å². The fraction of sp³-hybridized carbons (Fsp3) is 0.300. The van der Waals surface area contributed by atoms with Crippen molar-refractivity contribution in [1.82, 2.24) is 0 Å². The van der Waals surface area contributed by atoms with Gasteiger partial charge in [-0.05, 0) is 30.2 Å². The molecule has 0 spiro atoms. The van der Waals surface area contributed by atoms with Crippen molar-refractivity contribution in [2.45, 2.75) is 12.5 Å². The third-order valence-electron chi connectivity index (χ3n) is 2.12. The molecule has 0 saturated carbocycles. The van der Waals surface area contributed by atoms with Crippen molar-refractivity contribution >= 4 is 0 Å². The van der Waals surface area contributed by atoms with Crippen LogP contribution < -0.4 is 10.5 Å². The molecule has 66 valence electrons. The van der Waals surface area contributed by atoms with E-state index in [1.54, 1.807) is 6.07 Å². The number of fused-ring (bicyclic) bond motifs is 1.